The van der Waals surface area contributed by atoms with E-state index >= 15 is 0 Å². The third kappa shape index (κ3) is 6.30. The lowest BCUT2D eigenvalue weighted by molar-refractivity contribution is -0.120. The Morgan fingerprint density at radius 2 is 1.91 bits per heavy atom. The average Bonchev–Trinajstić information content (AvgIpc) is 3.20. The second kappa shape index (κ2) is 10.5. The summed E-state index contributed by atoms with van der Waals surface area (Å²) in [5, 5.41) is 5.48. The third-order valence-corrected chi connectivity index (χ3v) is 8.32. The highest BCUT2D eigenvalue weighted by molar-refractivity contribution is 7.91. The molecule has 1 aliphatic rings. The number of thiophene rings is 1. The van der Waals surface area contributed by atoms with Gasteiger partial charge in [0.05, 0.1) is 12.5 Å². The molecule has 1 aromatic carbocycles. The number of ether oxygens (including phenoxy) is 1. The van der Waals surface area contributed by atoms with Gasteiger partial charge >= 0.3 is 6.09 Å². The van der Waals surface area contributed by atoms with Crippen molar-refractivity contribution in [3.05, 3.63) is 41.3 Å². The van der Waals surface area contributed by atoms with Crippen molar-refractivity contribution >= 4 is 44.7 Å². The zero-order valence-electron chi connectivity index (χ0n) is 18.5. The first-order chi connectivity index (χ1) is 15.1. The number of benzene rings is 1. The topological polar surface area (TPSA) is 105 Å². The number of hydrogen-bond acceptors (Lipinski definition) is 6. The molecule has 0 aliphatic carbocycles. The lowest BCUT2D eigenvalue weighted by Gasteiger charge is -2.30. The van der Waals surface area contributed by atoms with E-state index in [1.54, 1.807) is 36.4 Å². The van der Waals surface area contributed by atoms with Crippen LogP contribution in [-0.4, -0.2) is 44.4 Å². The number of carbonyl (C=O) groups excluding carboxylic acids is 2. The van der Waals surface area contributed by atoms with Crippen molar-refractivity contribution in [1.29, 1.82) is 0 Å². The number of amides is 2. The van der Waals surface area contributed by atoms with Crippen molar-refractivity contribution in [2.24, 2.45) is 11.8 Å². The third-order valence-electron chi connectivity index (χ3n) is 4.99. The first kappa shape index (κ1) is 24.2. The van der Waals surface area contributed by atoms with Crippen LogP contribution < -0.4 is 10.6 Å². The SMILES string of the molecule is Cc1ccc(S(=O)(=O)N2CCCC(C(=O)Nc3cccc(NC(=O)OCC(C)C)c3)C2)s1. The zero-order valence-corrected chi connectivity index (χ0v) is 20.1. The zero-order chi connectivity index (χ0) is 23.3. The number of anilines is 2. The second-order valence-electron chi connectivity index (χ2n) is 8.25. The fourth-order valence-corrected chi connectivity index (χ4v) is 6.33. The van der Waals surface area contributed by atoms with Gasteiger partial charge < -0.3 is 10.1 Å². The van der Waals surface area contributed by atoms with Gasteiger partial charge in [0.15, 0.2) is 0 Å². The summed E-state index contributed by atoms with van der Waals surface area (Å²) in [6.07, 6.45) is 0.672. The average molecular weight is 480 g/mol. The molecule has 0 spiro atoms. The summed E-state index contributed by atoms with van der Waals surface area (Å²) < 4.78 is 32.7. The Kier molecular flexibility index (Phi) is 7.91. The summed E-state index contributed by atoms with van der Waals surface area (Å²) in [6.45, 7) is 6.62. The van der Waals surface area contributed by atoms with Gasteiger partial charge in [0.25, 0.3) is 10.0 Å². The van der Waals surface area contributed by atoms with E-state index in [9.17, 15) is 18.0 Å². The Bertz CT molecular complexity index is 1070. The predicted octanol–water partition coefficient (Wildman–Crippen LogP) is 4.30. The number of aryl methyl sites for hydroxylation is 1. The van der Waals surface area contributed by atoms with Crippen LogP contribution in [0.4, 0.5) is 16.2 Å². The molecular weight excluding hydrogens is 450 g/mol. The minimum absolute atomic E-state index is 0.143. The standard InChI is InChI=1S/C22H29N3O5S2/c1-15(2)14-30-22(27)24-19-8-4-7-18(12-19)23-21(26)17-6-5-11-25(13-17)32(28,29)20-10-9-16(3)31-20/h4,7-10,12,15,17H,5-6,11,13-14H2,1-3H3,(H,23,26)(H,24,27). The molecule has 1 fully saturated rings. The molecule has 1 aliphatic heterocycles. The summed E-state index contributed by atoms with van der Waals surface area (Å²) >= 11 is 1.24. The summed E-state index contributed by atoms with van der Waals surface area (Å²) in [5.74, 6) is -0.465. The highest BCUT2D eigenvalue weighted by atomic mass is 32.2. The molecule has 1 aromatic heterocycles. The van der Waals surface area contributed by atoms with E-state index in [2.05, 4.69) is 10.6 Å². The number of nitrogens with zero attached hydrogens (tertiary/aromatic N) is 1. The first-order valence-electron chi connectivity index (χ1n) is 10.6. The van der Waals surface area contributed by atoms with Crippen molar-refractivity contribution in [3.8, 4) is 0 Å². The van der Waals surface area contributed by atoms with Crippen LogP contribution in [0.1, 0.15) is 31.6 Å². The van der Waals surface area contributed by atoms with E-state index in [1.165, 1.54) is 15.6 Å². The molecule has 0 radical (unpaired) electrons. The van der Waals surface area contributed by atoms with Gasteiger partial charge in [-0.25, -0.2) is 13.2 Å². The Morgan fingerprint density at radius 3 is 2.56 bits per heavy atom. The van der Waals surface area contributed by atoms with Crippen LogP contribution in [0.5, 0.6) is 0 Å². The number of nitrogens with one attached hydrogen (secondary N) is 2. The van der Waals surface area contributed by atoms with E-state index in [0.29, 0.717) is 41.6 Å². The van der Waals surface area contributed by atoms with Gasteiger partial charge in [-0.2, -0.15) is 4.31 Å². The molecule has 1 atom stereocenters. The lowest BCUT2D eigenvalue weighted by atomic mass is 9.98. The molecule has 2 heterocycles. The lowest BCUT2D eigenvalue weighted by Crippen LogP contribution is -2.43. The Morgan fingerprint density at radius 1 is 1.19 bits per heavy atom. The van der Waals surface area contributed by atoms with E-state index in [1.807, 2.05) is 20.8 Å². The van der Waals surface area contributed by atoms with Gasteiger partial charge in [-0.15, -0.1) is 11.3 Å². The molecule has 32 heavy (non-hydrogen) atoms. The largest absolute Gasteiger partial charge is 0.449 e. The van der Waals surface area contributed by atoms with E-state index < -0.39 is 22.0 Å². The summed E-state index contributed by atoms with van der Waals surface area (Å²) in [7, 11) is -3.60. The molecule has 0 bridgehead atoms. The predicted molar refractivity (Wildman–Crippen MR) is 125 cm³/mol. The molecule has 2 N–H and O–H groups in total. The summed E-state index contributed by atoms with van der Waals surface area (Å²) in [4.78, 5) is 25.6. The highest BCUT2D eigenvalue weighted by Crippen LogP contribution is 2.29. The van der Waals surface area contributed by atoms with Gasteiger partial charge in [-0.05, 0) is 56.0 Å². The second-order valence-corrected chi connectivity index (χ2v) is 11.7. The smallest absolute Gasteiger partial charge is 0.411 e. The van der Waals surface area contributed by atoms with Crippen LogP contribution in [0.3, 0.4) is 0 Å². The van der Waals surface area contributed by atoms with Gasteiger partial charge in [-0.3, -0.25) is 10.1 Å². The quantitative estimate of drug-likeness (QED) is 0.616. The van der Waals surface area contributed by atoms with E-state index in [-0.39, 0.29) is 18.4 Å². The van der Waals surface area contributed by atoms with Gasteiger partial charge in [0.2, 0.25) is 5.91 Å². The van der Waals surface area contributed by atoms with Crippen LogP contribution >= 0.6 is 11.3 Å². The van der Waals surface area contributed by atoms with Gasteiger partial charge in [0.1, 0.15) is 4.21 Å². The Labute approximate surface area is 193 Å². The molecule has 10 heteroatoms. The molecular formula is C22H29N3O5S2. The van der Waals surface area contributed by atoms with Crippen molar-refractivity contribution in [2.45, 2.75) is 37.8 Å². The molecule has 3 rings (SSSR count). The normalized spacial score (nSPS) is 17.2. The summed E-state index contributed by atoms with van der Waals surface area (Å²) in [5.41, 5.74) is 1.02. The molecule has 1 unspecified atom stereocenters. The molecule has 174 valence electrons. The van der Waals surface area contributed by atoms with Crippen molar-refractivity contribution in [3.63, 3.8) is 0 Å². The summed E-state index contributed by atoms with van der Waals surface area (Å²) in [6, 6.07) is 10.2. The molecule has 8 nitrogen and oxygen atoms in total. The molecule has 0 saturated carbocycles. The number of carbonyl (C=O) groups is 2. The van der Waals surface area contributed by atoms with Crippen LogP contribution in [0.15, 0.2) is 40.6 Å². The van der Waals surface area contributed by atoms with Gasteiger partial charge in [-0.1, -0.05) is 19.9 Å². The fourth-order valence-electron chi connectivity index (χ4n) is 3.37. The van der Waals surface area contributed by atoms with Crippen molar-refractivity contribution < 1.29 is 22.7 Å². The maximum absolute atomic E-state index is 12.9. The van der Waals surface area contributed by atoms with Crippen molar-refractivity contribution in [1.82, 2.24) is 4.31 Å². The highest BCUT2D eigenvalue weighted by Gasteiger charge is 2.34. The minimum Gasteiger partial charge on any atom is -0.449 e. The number of hydrogen-bond donors (Lipinski definition) is 2. The number of piperidine rings is 1. The fraction of sp³-hybridized carbons (Fsp3) is 0.455. The molecule has 2 amide bonds. The van der Waals surface area contributed by atoms with Crippen molar-refractivity contribution in [2.75, 3.05) is 30.3 Å². The van der Waals surface area contributed by atoms with Crippen LogP contribution in [0, 0.1) is 18.8 Å². The minimum atomic E-state index is -3.60. The monoisotopic (exact) mass is 479 g/mol. The molecule has 1 saturated heterocycles. The number of rotatable bonds is 7. The van der Waals surface area contributed by atoms with Crippen LogP contribution in [-0.2, 0) is 19.6 Å². The van der Waals surface area contributed by atoms with Crippen LogP contribution in [0.25, 0.3) is 0 Å². The van der Waals surface area contributed by atoms with E-state index in [0.717, 1.165) is 4.88 Å². The maximum atomic E-state index is 12.9. The van der Waals surface area contributed by atoms with Gasteiger partial charge in [0, 0.05) is 29.3 Å². The molecule has 2 aromatic rings. The van der Waals surface area contributed by atoms with E-state index in [4.69, 9.17) is 4.74 Å². The maximum Gasteiger partial charge on any atom is 0.411 e. The Balaban J connectivity index is 1.61. The van der Waals surface area contributed by atoms with Crippen LogP contribution in [0.2, 0.25) is 0 Å². The first-order valence-corrected chi connectivity index (χ1v) is 12.8. The Hall–Kier alpha value is -2.43. The number of sulfonamides is 1.